The highest BCUT2D eigenvalue weighted by Gasteiger charge is 2.32. The van der Waals surface area contributed by atoms with E-state index in [4.69, 9.17) is 0 Å². The van der Waals surface area contributed by atoms with Crippen molar-refractivity contribution in [1.29, 1.82) is 0 Å². The fourth-order valence-corrected chi connectivity index (χ4v) is 3.41. The summed E-state index contributed by atoms with van der Waals surface area (Å²) in [6.45, 7) is 9.48. The molecule has 9 heteroatoms. The Morgan fingerprint density at radius 2 is 1.85 bits per heavy atom. The summed E-state index contributed by atoms with van der Waals surface area (Å²) in [7, 11) is 0. The van der Waals surface area contributed by atoms with E-state index < -0.39 is 12.0 Å². The molecule has 1 unspecified atom stereocenters. The second-order valence-corrected chi connectivity index (χ2v) is 8.41. The number of aliphatic carboxylic acids is 1. The molecule has 26 heavy (non-hydrogen) atoms. The average molecular weight is 367 g/mol. The van der Waals surface area contributed by atoms with Crippen molar-refractivity contribution in [2.24, 2.45) is 10.8 Å². The number of ketones is 1. The number of carbonyl (C=O) groups excluding carboxylic acids is 2. The lowest BCUT2D eigenvalue weighted by Crippen LogP contribution is -2.43. The standard InChI is InChI=1S/C17H29N5O4/c1-11(23)6-7-12(15(25)26)18-14(24)9-17(4,5)10-16(2,3)8-13-19-21-22-20-13/h12H,6-10H2,1-5H3,(H,18,24)(H,25,26)(H,19,20,21,22). The van der Waals surface area contributed by atoms with Crippen LogP contribution in [0.2, 0.25) is 0 Å². The highest BCUT2D eigenvalue weighted by Crippen LogP contribution is 2.37. The predicted molar refractivity (Wildman–Crippen MR) is 94.2 cm³/mol. The third kappa shape index (κ3) is 8.17. The monoisotopic (exact) mass is 367 g/mol. The first-order valence-electron chi connectivity index (χ1n) is 8.64. The van der Waals surface area contributed by atoms with Gasteiger partial charge in [-0.05, 0) is 41.0 Å². The Bertz CT molecular complexity index is 625. The van der Waals surface area contributed by atoms with Crippen LogP contribution in [0, 0.1) is 10.8 Å². The first-order valence-corrected chi connectivity index (χ1v) is 8.64. The van der Waals surface area contributed by atoms with Gasteiger partial charge >= 0.3 is 5.97 Å². The third-order valence-electron chi connectivity index (χ3n) is 4.05. The molecule has 1 atom stereocenters. The zero-order valence-electron chi connectivity index (χ0n) is 16.1. The summed E-state index contributed by atoms with van der Waals surface area (Å²) in [6.07, 6.45) is 1.77. The highest BCUT2D eigenvalue weighted by molar-refractivity contribution is 5.84. The molecule has 9 nitrogen and oxygen atoms in total. The molecule has 0 radical (unpaired) electrons. The molecular weight excluding hydrogens is 338 g/mol. The fourth-order valence-electron chi connectivity index (χ4n) is 3.41. The van der Waals surface area contributed by atoms with Crippen molar-refractivity contribution in [2.45, 2.75) is 72.8 Å². The lowest BCUT2D eigenvalue weighted by Gasteiger charge is -2.34. The maximum atomic E-state index is 12.3. The van der Waals surface area contributed by atoms with Crippen molar-refractivity contribution in [3.8, 4) is 0 Å². The van der Waals surface area contributed by atoms with Gasteiger partial charge in [0.1, 0.15) is 17.6 Å². The Morgan fingerprint density at radius 3 is 2.35 bits per heavy atom. The average Bonchev–Trinajstić information content (AvgIpc) is 2.92. The maximum Gasteiger partial charge on any atom is 0.326 e. The number of Topliss-reactive ketones (excluding diaryl/α,β-unsaturated/α-hetero) is 1. The van der Waals surface area contributed by atoms with Crippen molar-refractivity contribution in [1.82, 2.24) is 25.9 Å². The molecule has 0 aromatic carbocycles. The van der Waals surface area contributed by atoms with E-state index in [1.165, 1.54) is 6.92 Å². The third-order valence-corrected chi connectivity index (χ3v) is 4.05. The first-order chi connectivity index (χ1) is 11.9. The molecule has 0 saturated heterocycles. The number of carbonyl (C=O) groups is 3. The molecular formula is C17H29N5O4. The number of nitrogens with one attached hydrogen (secondary N) is 2. The number of hydrogen-bond acceptors (Lipinski definition) is 6. The number of amides is 1. The molecule has 1 aromatic heterocycles. The van der Waals surface area contributed by atoms with Crippen LogP contribution in [0.4, 0.5) is 0 Å². The van der Waals surface area contributed by atoms with E-state index in [0.717, 1.165) is 6.42 Å². The van der Waals surface area contributed by atoms with E-state index in [-0.39, 0.29) is 41.8 Å². The minimum absolute atomic E-state index is 0.0980. The Balaban J connectivity index is 2.61. The number of aromatic nitrogens is 4. The molecule has 0 fully saturated rings. The van der Waals surface area contributed by atoms with Crippen molar-refractivity contribution in [2.75, 3.05) is 0 Å². The van der Waals surface area contributed by atoms with Crippen LogP contribution in [0.25, 0.3) is 0 Å². The van der Waals surface area contributed by atoms with Crippen LogP contribution >= 0.6 is 0 Å². The van der Waals surface area contributed by atoms with E-state index in [2.05, 4.69) is 39.8 Å². The summed E-state index contributed by atoms with van der Waals surface area (Å²) in [6, 6.07) is -1.05. The number of carboxylic acids is 1. The van der Waals surface area contributed by atoms with Crippen LogP contribution in [-0.4, -0.2) is 49.4 Å². The fraction of sp³-hybridized carbons (Fsp3) is 0.765. The van der Waals surface area contributed by atoms with Gasteiger partial charge in [-0.15, -0.1) is 5.10 Å². The van der Waals surface area contributed by atoms with Gasteiger partial charge in [-0.3, -0.25) is 4.79 Å². The quantitative estimate of drug-likeness (QED) is 0.539. The summed E-state index contributed by atoms with van der Waals surface area (Å²) < 4.78 is 0. The topological polar surface area (TPSA) is 138 Å². The van der Waals surface area contributed by atoms with Crippen LogP contribution < -0.4 is 5.32 Å². The van der Waals surface area contributed by atoms with Crippen LogP contribution in [0.15, 0.2) is 0 Å². The van der Waals surface area contributed by atoms with Crippen molar-refractivity contribution < 1.29 is 19.5 Å². The Kier molecular flexibility index (Phi) is 7.41. The Morgan fingerprint density at radius 1 is 1.19 bits per heavy atom. The molecule has 0 aliphatic rings. The molecule has 0 bridgehead atoms. The summed E-state index contributed by atoms with van der Waals surface area (Å²) in [5.41, 5.74) is -0.490. The lowest BCUT2D eigenvalue weighted by molar-refractivity contribution is -0.142. The molecule has 0 spiro atoms. The van der Waals surface area contributed by atoms with Gasteiger partial charge < -0.3 is 15.2 Å². The van der Waals surface area contributed by atoms with Crippen LogP contribution in [0.1, 0.15) is 66.1 Å². The number of nitrogens with zero attached hydrogens (tertiary/aromatic N) is 3. The molecule has 1 heterocycles. The zero-order chi connectivity index (χ0) is 20.0. The van der Waals surface area contributed by atoms with Gasteiger partial charge in [0, 0.05) is 19.3 Å². The summed E-state index contributed by atoms with van der Waals surface area (Å²) >= 11 is 0. The van der Waals surface area contributed by atoms with Crippen LogP contribution in [0.5, 0.6) is 0 Å². The number of H-pyrrole nitrogens is 1. The SMILES string of the molecule is CC(=O)CCC(NC(=O)CC(C)(C)CC(C)(C)Cc1nnn[nH]1)C(=O)O. The summed E-state index contributed by atoms with van der Waals surface area (Å²) in [4.78, 5) is 34.6. The molecule has 0 aliphatic carbocycles. The number of carboxylic acid groups (broad SMARTS) is 1. The van der Waals surface area contributed by atoms with E-state index >= 15 is 0 Å². The summed E-state index contributed by atoms with van der Waals surface area (Å²) in [5, 5.41) is 25.5. The largest absolute Gasteiger partial charge is 0.480 e. The number of aromatic amines is 1. The van der Waals surface area contributed by atoms with Crippen LogP contribution in [-0.2, 0) is 20.8 Å². The van der Waals surface area contributed by atoms with Gasteiger partial charge in [-0.25, -0.2) is 9.89 Å². The Labute approximate surface area is 153 Å². The van der Waals surface area contributed by atoms with Gasteiger partial charge in [0.05, 0.1) is 0 Å². The minimum atomic E-state index is -1.13. The molecule has 0 aliphatic heterocycles. The lowest BCUT2D eigenvalue weighted by atomic mass is 9.71. The normalized spacial score (nSPS) is 13.3. The highest BCUT2D eigenvalue weighted by atomic mass is 16.4. The number of rotatable bonds is 11. The molecule has 3 N–H and O–H groups in total. The number of hydrogen-bond donors (Lipinski definition) is 3. The van der Waals surface area contributed by atoms with Crippen molar-refractivity contribution in [3.05, 3.63) is 5.82 Å². The van der Waals surface area contributed by atoms with Crippen molar-refractivity contribution >= 4 is 17.7 Å². The molecule has 1 amide bonds. The van der Waals surface area contributed by atoms with E-state index in [1.54, 1.807) is 0 Å². The van der Waals surface area contributed by atoms with Crippen LogP contribution in [0.3, 0.4) is 0 Å². The Hall–Kier alpha value is -2.32. The first kappa shape index (κ1) is 21.7. The van der Waals surface area contributed by atoms with Gasteiger partial charge in [-0.2, -0.15) is 0 Å². The van der Waals surface area contributed by atoms with Gasteiger partial charge in [-0.1, -0.05) is 27.7 Å². The smallest absolute Gasteiger partial charge is 0.326 e. The summed E-state index contributed by atoms with van der Waals surface area (Å²) in [5.74, 6) is -0.876. The molecule has 146 valence electrons. The molecule has 0 saturated carbocycles. The maximum absolute atomic E-state index is 12.3. The van der Waals surface area contributed by atoms with E-state index in [1.807, 2.05) is 13.8 Å². The second kappa shape index (κ2) is 8.86. The molecule has 1 rings (SSSR count). The zero-order valence-corrected chi connectivity index (χ0v) is 16.1. The van der Waals surface area contributed by atoms with E-state index in [9.17, 15) is 19.5 Å². The van der Waals surface area contributed by atoms with E-state index in [0.29, 0.717) is 12.2 Å². The van der Waals surface area contributed by atoms with Gasteiger partial charge in [0.2, 0.25) is 5.91 Å². The minimum Gasteiger partial charge on any atom is -0.480 e. The van der Waals surface area contributed by atoms with Gasteiger partial charge in [0.15, 0.2) is 0 Å². The van der Waals surface area contributed by atoms with Gasteiger partial charge in [0.25, 0.3) is 0 Å². The predicted octanol–water partition coefficient (Wildman–Crippen LogP) is 1.51. The van der Waals surface area contributed by atoms with Crippen molar-refractivity contribution in [3.63, 3.8) is 0 Å². The second-order valence-electron chi connectivity index (χ2n) is 8.41. The number of tetrazole rings is 1. The molecule has 1 aromatic rings.